The van der Waals surface area contributed by atoms with Crippen LogP contribution in [0.2, 0.25) is 0 Å². The van der Waals surface area contributed by atoms with Crippen molar-refractivity contribution in [3.63, 3.8) is 0 Å². The van der Waals surface area contributed by atoms with Crippen LogP contribution in [0.5, 0.6) is 0 Å². The summed E-state index contributed by atoms with van der Waals surface area (Å²) in [4.78, 5) is 6.06. The molecule has 0 bridgehead atoms. The second-order valence-electron chi connectivity index (χ2n) is 7.76. The lowest BCUT2D eigenvalue weighted by atomic mass is 10.0. The Morgan fingerprint density at radius 2 is 1.83 bits per heavy atom. The Balaban J connectivity index is 1.67. The summed E-state index contributed by atoms with van der Waals surface area (Å²) in [5.41, 5.74) is 1.83. The average Bonchev–Trinajstić information content (AvgIpc) is 2.69. The molecule has 0 spiro atoms. The van der Waals surface area contributed by atoms with Gasteiger partial charge in [0.2, 0.25) is 0 Å². The normalized spacial score (nSPS) is 17.8. The van der Waals surface area contributed by atoms with Crippen molar-refractivity contribution in [1.82, 2.24) is 4.90 Å². The van der Waals surface area contributed by atoms with E-state index in [1.807, 2.05) is 36.2 Å². The molecule has 2 heterocycles. The highest BCUT2D eigenvalue weighted by Crippen LogP contribution is 2.52. The van der Waals surface area contributed by atoms with Crippen molar-refractivity contribution in [2.45, 2.75) is 48.2 Å². The topological polar surface area (TPSA) is 18.5 Å². The molecular formula is C22H26F3N3S. The first-order valence-electron chi connectivity index (χ1n) is 10.1. The Hall–Kier alpha value is -1.86. The summed E-state index contributed by atoms with van der Waals surface area (Å²) in [6.07, 6.45) is -1.36. The molecule has 1 saturated heterocycles. The number of piperidine rings is 1. The predicted molar refractivity (Wildman–Crippen MR) is 113 cm³/mol. The number of benzene rings is 2. The Bertz CT molecular complexity index is 876. The number of anilines is 3. The number of likely N-dealkylation sites (tertiary alicyclic amines) is 1. The maximum atomic E-state index is 13.6. The lowest BCUT2D eigenvalue weighted by Gasteiger charge is -2.36. The van der Waals surface area contributed by atoms with Crippen LogP contribution < -0.4 is 10.2 Å². The van der Waals surface area contributed by atoms with E-state index in [2.05, 4.69) is 17.1 Å². The van der Waals surface area contributed by atoms with E-state index in [9.17, 15) is 13.2 Å². The molecule has 29 heavy (non-hydrogen) atoms. The summed E-state index contributed by atoms with van der Waals surface area (Å²) in [6, 6.07) is 10.6. The van der Waals surface area contributed by atoms with E-state index in [-0.39, 0.29) is 6.04 Å². The number of nitrogens with zero attached hydrogens (tertiary/aromatic N) is 2. The lowest BCUT2D eigenvalue weighted by molar-refractivity contribution is -0.137. The minimum Gasteiger partial charge on any atom is -0.380 e. The minimum absolute atomic E-state index is 0.186. The summed E-state index contributed by atoms with van der Waals surface area (Å²) in [6.45, 7) is 5.23. The van der Waals surface area contributed by atoms with Crippen molar-refractivity contribution in [3.8, 4) is 0 Å². The molecule has 0 aromatic heterocycles. The van der Waals surface area contributed by atoms with Gasteiger partial charge in [-0.05, 0) is 50.1 Å². The van der Waals surface area contributed by atoms with Crippen LogP contribution in [0.1, 0.15) is 31.7 Å². The average molecular weight is 422 g/mol. The maximum Gasteiger partial charge on any atom is 0.416 e. The molecule has 1 fully saturated rings. The molecule has 0 saturated carbocycles. The van der Waals surface area contributed by atoms with Crippen LogP contribution in [0, 0.1) is 0 Å². The smallest absolute Gasteiger partial charge is 0.380 e. The molecule has 0 amide bonds. The van der Waals surface area contributed by atoms with Gasteiger partial charge in [-0.2, -0.15) is 13.2 Å². The maximum absolute atomic E-state index is 13.6. The van der Waals surface area contributed by atoms with Gasteiger partial charge in [-0.3, -0.25) is 0 Å². The number of fused-ring (bicyclic) bond motifs is 2. The number of para-hydroxylation sites is 1. The molecule has 2 aromatic rings. The van der Waals surface area contributed by atoms with Crippen LogP contribution in [0.4, 0.5) is 30.2 Å². The Morgan fingerprint density at radius 3 is 2.52 bits per heavy atom. The lowest BCUT2D eigenvalue weighted by Crippen LogP contribution is -2.39. The first-order chi connectivity index (χ1) is 13.9. The van der Waals surface area contributed by atoms with Crippen molar-refractivity contribution < 1.29 is 13.2 Å². The highest BCUT2D eigenvalue weighted by molar-refractivity contribution is 7.99. The van der Waals surface area contributed by atoms with E-state index < -0.39 is 11.7 Å². The highest BCUT2D eigenvalue weighted by atomic mass is 32.2. The first kappa shape index (κ1) is 20.4. The van der Waals surface area contributed by atoms with E-state index in [0.29, 0.717) is 10.6 Å². The summed E-state index contributed by atoms with van der Waals surface area (Å²) in [5.74, 6) is 0. The monoisotopic (exact) mass is 421 g/mol. The molecule has 2 aromatic carbocycles. The summed E-state index contributed by atoms with van der Waals surface area (Å²) < 4.78 is 40.8. The Labute approximate surface area is 174 Å². The van der Waals surface area contributed by atoms with E-state index in [0.717, 1.165) is 55.2 Å². The van der Waals surface area contributed by atoms with Gasteiger partial charge in [-0.1, -0.05) is 30.8 Å². The van der Waals surface area contributed by atoms with Crippen LogP contribution in [-0.4, -0.2) is 37.6 Å². The highest BCUT2D eigenvalue weighted by Gasteiger charge is 2.35. The van der Waals surface area contributed by atoms with Crippen LogP contribution in [0.25, 0.3) is 0 Å². The molecule has 0 unspecified atom stereocenters. The molecule has 2 aliphatic heterocycles. The number of nitrogens with one attached hydrogen (secondary N) is 1. The summed E-state index contributed by atoms with van der Waals surface area (Å²) >= 11 is 1.41. The van der Waals surface area contributed by atoms with Crippen LogP contribution in [0.15, 0.2) is 46.2 Å². The Morgan fingerprint density at radius 1 is 1.10 bits per heavy atom. The van der Waals surface area contributed by atoms with E-state index in [4.69, 9.17) is 0 Å². The van der Waals surface area contributed by atoms with Gasteiger partial charge < -0.3 is 15.1 Å². The number of halogens is 3. The second kappa shape index (κ2) is 8.11. The van der Waals surface area contributed by atoms with E-state index >= 15 is 0 Å². The van der Waals surface area contributed by atoms with Gasteiger partial charge in [0.15, 0.2) is 0 Å². The van der Waals surface area contributed by atoms with Crippen molar-refractivity contribution >= 4 is 28.8 Å². The fraction of sp³-hybridized carbons (Fsp3) is 0.455. The van der Waals surface area contributed by atoms with Crippen molar-refractivity contribution in [1.29, 1.82) is 0 Å². The minimum atomic E-state index is -4.37. The molecule has 0 aliphatic carbocycles. The molecule has 7 heteroatoms. The van der Waals surface area contributed by atoms with Gasteiger partial charge in [-0.25, -0.2) is 0 Å². The van der Waals surface area contributed by atoms with Gasteiger partial charge in [0.1, 0.15) is 0 Å². The molecule has 1 N–H and O–H groups in total. The molecule has 156 valence electrons. The molecular weight excluding hydrogens is 395 g/mol. The fourth-order valence-corrected chi connectivity index (χ4v) is 5.42. The number of rotatable bonds is 4. The van der Waals surface area contributed by atoms with Crippen molar-refractivity contribution in [3.05, 3.63) is 42.0 Å². The molecule has 0 radical (unpaired) electrons. The summed E-state index contributed by atoms with van der Waals surface area (Å²) in [5, 5.41) is 3.46. The third-order valence-corrected chi connectivity index (χ3v) is 6.77. The zero-order valence-electron chi connectivity index (χ0n) is 16.7. The summed E-state index contributed by atoms with van der Waals surface area (Å²) in [7, 11) is 1.93. The molecule has 2 aliphatic rings. The largest absolute Gasteiger partial charge is 0.416 e. The Kier molecular flexibility index (Phi) is 5.71. The fourth-order valence-electron chi connectivity index (χ4n) is 4.20. The SMILES string of the molecule is CCCN1CCC(Nc2cc(C(F)(F)F)cc3c2N(C)c2ccccc2S3)CC1. The first-order valence-corrected chi connectivity index (χ1v) is 10.9. The molecule has 0 atom stereocenters. The van der Waals surface area contributed by atoms with Gasteiger partial charge >= 0.3 is 6.18 Å². The predicted octanol–water partition coefficient (Wildman–Crippen LogP) is 6.22. The number of hydrogen-bond donors (Lipinski definition) is 1. The quantitative estimate of drug-likeness (QED) is 0.631. The van der Waals surface area contributed by atoms with Crippen molar-refractivity contribution in [2.24, 2.45) is 0 Å². The second-order valence-corrected chi connectivity index (χ2v) is 8.84. The van der Waals surface area contributed by atoms with E-state index in [1.54, 1.807) is 0 Å². The van der Waals surface area contributed by atoms with E-state index in [1.165, 1.54) is 23.9 Å². The van der Waals surface area contributed by atoms with Gasteiger partial charge in [0.25, 0.3) is 0 Å². The zero-order chi connectivity index (χ0) is 20.6. The van der Waals surface area contributed by atoms with Crippen LogP contribution in [0.3, 0.4) is 0 Å². The zero-order valence-corrected chi connectivity index (χ0v) is 17.5. The molecule has 3 nitrogen and oxygen atoms in total. The third-order valence-electron chi connectivity index (χ3n) is 5.67. The number of alkyl halides is 3. The van der Waals surface area contributed by atoms with Crippen molar-refractivity contribution in [2.75, 3.05) is 36.9 Å². The van der Waals surface area contributed by atoms with Gasteiger partial charge in [0.05, 0.1) is 22.6 Å². The number of hydrogen-bond acceptors (Lipinski definition) is 4. The van der Waals surface area contributed by atoms with Gasteiger partial charge in [-0.15, -0.1) is 0 Å². The molecule has 4 rings (SSSR count). The van der Waals surface area contributed by atoms with Crippen LogP contribution >= 0.6 is 11.8 Å². The third kappa shape index (κ3) is 4.21. The standard InChI is InChI=1S/C22H26F3N3S/c1-3-10-28-11-8-16(9-12-28)26-17-13-15(22(23,24)25)14-20-21(17)27(2)18-6-4-5-7-19(18)29-20/h4-7,13-14,16,26H,3,8-12H2,1-2H3. The van der Waals surface area contributed by atoms with Crippen LogP contribution in [-0.2, 0) is 6.18 Å². The van der Waals surface area contributed by atoms with Gasteiger partial charge in [0, 0.05) is 36.0 Å².